The van der Waals surface area contributed by atoms with Gasteiger partial charge in [0, 0.05) is 50.9 Å². The van der Waals surface area contributed by atoms with Crippen LogP contribution < -0.4 is 11.0 Å². The molecular formula is C61H54N8O2Si2. The van der Waals surface area contributed by atoms with Gasteiger partial charge < -0.3 is 8.54 Å². The normalized spacial score (nSPS) is 16.6. The lowest BCUT2D eigenvalue weighted by atomic mass is 10.0. The van der Waals surface area contributed by atoms with Crippen LogP contribution in [0, 0.1) is 0 Å². The van der Waals surface area contributed by atoms with Crippen LogP contribution >= 0.6 is 0 Å². The second-order valence-electron chi connectivity index (χ2n) is 20.3. The first-order valence-electron chi connectivity index (χ1n) is 26.2. The number of aromatic nitrogens is 2. The van der Waals surface area contributed by atoms with Crippen molar-refractivity contribution in [3.8, 4) is 0 Å². The summed E-state index contributed by atoms with van der Waals surface area (Å²) in [4.78, 5) is 34.4. The molecule has 10 aromatic rings. The highest BCUT2D eigenvalue weighted by atomic mass is 28.5. The Morgan fingerprint density at radius 1 is 0.397 bits per heavy atom. The van der Waals surface area contributed by atoms with Crippen molar-refractivity contribution in [2.45, 2.75) is 77.4 Å². The van der Waals surface area contributed by atoms with Gasteiger partial charge in [-0.05, 0) is 110 Å². The summed E-state index contributed by atoms with van der Waals surface area (Å²) in [7, 11) is -5.26. The topological polar surface area (TPSA) is 102 Å². The fourth-order valence-corrected chi connectivity index (χ4v) is 22.6. The van der Waals surface area contributed by atoms with Crippen molar-refractivity contribution in [1.29, 1.82) is 0 Å². The molecule has 6 heterocycles. The summed E-state index contributed by atoms with van der Waals surface area (Å²) in [6.07, 6.45) is 6.37. The minimum absolute atomic E-state index is 0.586. The zero-order chi connectivity index (χ0) is 49.0. The predicted molar refractivity (Wildman–Crippen MR) is 304 cm³/mol. The molecule has 12 heteroatoms. The van der Waals surface area contributed by atoms with E-state index in [1.54, 1.807) is 0 Å². The summed E-state index contributed by atoms with van der Waals surface area (Å²) < 4.78 is 21.0. The van der Waals surface area contributed by atoms with Gasteiger partial charge in [0.2, 0.25) is 0 Å². The van der Waals surface area contributed by atoms with Crippen LogP contribution in [0.2, 0.25) is 18.1 Å². The number of amidine groups is 4. The van der Waals surface area contributed by atoms with E-state index < -0.39 is 17.2 Å². The van der Waals surface area contributed by atoms with Crippen molar-refractivity contribution in [3.05, 3.63) is 179 Å². The number of unbranched alkanes of at least 4 members (excludes halogenated alkanes) is 3. The molecule has 4 aliphatic heterocycles. The summed E-state index contributed by atoms with van der Waals surface area (Å²) in [5.74, 6) is 3.71. The van der Waals surface area contributed by atoms with Gasteiger partial charge in [-0.25, -0.2) is 30.0 Å². The van der Waals surface area contributed by atoms with Gasteiger partial charge in [0.15, 0.2) is 31.7 Å². The SMILES string of the molecule is CCCC[Si](CCCC)(CCCC)O[Si]1(OC)n2c3c4cc5ccccc5cc4c2N=C2N=C(N=c4c5cc6ccccc6cc5c(n41)=NC1=NC(=N3)c3cc4ccccc4cc31)c1cc3ccccc3cc12. The van der Waals surface area contributed by atoms with E-state index in [0.717, 1.165) is 144 Å². The Bertz CT molecular complexity index is 4010. The van der Waals surface area contributed by atoms with E-state index >= 15 is 0 Å². The molecule has 0 radical (unpaired) electrons. The summed E-state index contributed by atoms with van der Waals surface area (Å²) in [5, 5.41) is 12.5. The van der Waals surface area contributed by atoms with Crippen LogP contribution in [0.5, 0.6) is 0 Å². The minimum Gasteiger partial charge on any atom is -0.403 e. The molecule has 2 aromatic heterocycles. The summed E-state index contributed by atoms with van der Waals surface area (Å²) in [5.41, 5.74) is 5.05. The first-order chi connectivity index (χ1) is 35.9. The van der Waals surface area contributed by atoms with E-state index in [-0.39, 0.29) is 0 Å². The molecule has 0 N–H and O–H groups in total. The predicted octanol–water partition coefficient (Wildman–Crippen LogP) is 14.0. The summed E-state index contributed by atoms with van der Waals surface area (Å²) in [6, 6.07) is 55.2. The van der Waals surface area contributed by atoms with Gasteiger partial charge in [-0.3, -0.25) is 8.47 Å². The van der Waals surface area contributed by atoms with E-state index in [1.165, 1.54) is 0 Å². The van der Waals surface area contributed by atoms with Crippen molar-refractivity contribution >= 4 is 117 Å². The molecular weight excluding hydrogens is 933 g/mol. The van der Waals surface area contributed by atoms with Crippen LogP contribution in [-0.4, -0.2) is 56.1 Å². The Kier molecular flexibility index (Phi) is 10.3. The average Bonchev–Trinajstić information content (AvgIpc) is 4.12. The molecule has 8 aromatic carbocycles. The zero-order valence-corrected chi connectivity index (χ0v) is 43.6. The van der Waals surface area contributed by atoms with Gasteiger partial charge in [0.1, 0.15) is 22.6 Å². The Morgan fingerprint density at radius 3 is 1.04 bits per heavy atom. The first-order valence-corrected chi connectivity index (χ1v) is 30.4. The smallest absolute Gasteiger partial charge is 0.403 e. The second-order valence-corrected chi connectivity index (χ2v) is 27.3. The maximum absolute atomic E-state index is 8.72. The molecule has 1 atom stereocenters. The Labute approximate surface area is 425 Å². The summed E-state index contributed by atoms with van der Waals surface area (Å²) >= 11 is 0. The van der Waals surface area contributed by atoms with Crippen molar-refractivity contribution in [2.75, 3.05) is 7.11 Å². The van der Waals surface area contributed by atoms with Crippen molar-refractivity contribution in [3.63, 3.8) is 0 Å². The number of fused-ring (bicyclic) bond motifs is 18. The maximum atomic E-state index is 8.72. The Balaban J connectivity index is 1.25. The lowest BCUT2D eigenvalue weighted by Crippen LogP contribution is -2.67. The highest BCUT2D eigenvalue weighted by Gasteiger charge is 2.56. The van der Waals surface area contributed by atoms with Crippen LogP contribution in [0.1, 0.15) is 81.5 Å². The van der Waals surface area contributed by atoms with Crippen molar-refractivity contribution in [2.24, 2.45) is 30.0 Å². The third kappa shape index (κ3) is 6.80. The number of benzene rings is 8. The molecule has 0 saturated heterocycles. The molecule has 358 valence electrons. The number of aliphatic imine (C=N–C) groups is 4. The van der Waals surface area contributed by atoms with Crippen LogP contribution in [0.4, 0.5) is 11.6 Å². The minimum atomic E-state index is -4.33. The number of rotatable bonds is 12. The molecule has 0 aliphatic carbocycles. The second kappa shape index (κ2) is 17.1. The number of hydrogen-bond acceptors (Lipinski definition) is 8. The number of hydrogen-bond donors (Lipinski definition) is 0. The van der Waals surface area contributed by atoms with E-state index in [0.29, 0.717) is 46.0 Å². The van der Waals surface area contributed by atoms with Gasteiger partial charge in [-0.2, -0.15) is 0 Å². The lowest BCUT2D eigenvalue weighted by molar-refractivity contribution is 0.261. The lowest BCUT2D eigenvalue weighted by Gasteiger charge is -2.42. The van der Waals surface area contributed by atoms with Gasteiger partial charge >= 0.3 is 8.88 Å². The molecule has 6 bridgehead atoms. The van der Waals surface area contributed by atoms with E-state index in [1.807, 2.05) is 7.11 Å². The summed E-state index contributed by atoms with van der Waals surface area (Å²) in [6.45, 7) is 6.90. The third-order valence-corrected chi connectivity index (χ3v) is 24.8. The Morgan fingerprint density at radius 2 is 0.712 bits per heavy atom. The van der Waals surface area contributed by atoms with Crippen LogP contribution in [0.15, 0.2) is 176 Å². The highest BCUT2D eigenvalue weighted by molar-refractivity contribution is 6.84. The maximum Gasteiger partial charge on any atom is 0.592 e. The molecule has 14 rings (SSSR count). The van der Waals surface area contributed by atoms with E-state index in [2.05, 4.69) is 175 Å². The van der Waals surface area contributed by atoms with Gasteiger partial charge in [-0.15, -0.1) is 0 Å². The third-order valence-electron chi connectivity index (χ3n) is 15.7. The molecule has 10 nitrogen and oxygen atoms in total. The highest BCUT2D eigenvalue weighted by Crippen LogP contribution is 2.47. The van der Waals surface area contributed by atoms with Crippen LogP contribution in [-0.2, 0) is 8.54 Å². The molecule has 1 unspecified atom stereocenters. The molecule has 4 aliphatic rings. The van der Waals surface area contributed by atoms with E-state index in [9.17, 15) is 0 Å². The van der Waals surface area contributed by atoms with E-state index in [4.69, 9.17) is 38.5 Å². The fourth-order valence-electron chi connectivity index (χ4n) is 12.0. The fraction of sp³-hybridized carbons (Fsp3) is 0.213. The quantitative estimate of drug-likeness (QED) is 0.114. The molecule has 0 amide bonds. The van der Waals surface area contributed by atoms with Crippen molar-refractivity contribution in [1.82, 2.24) is 8.47 Å². The molecule has 0 saturated carbocycles. The van der Waals surface area contributed by atoms with Crippen molar-refractivity contribution < 1.29 is 8.54 Å². The average molecular weight is 987 g/mol. The number of nitrogens with zero attached hydrogens (tertiary/aromatic N) is 8. The molecule has 73 heavy (non-hydrogen) atoms. The molecule has 0 fully saturated rings. The first kappa shape index (κ1) is 44.2. The largest absolute Gasteiger partial charge is 0.592 e. The Hall–Kier alpha value is -7.49. The van der Waals surface area contributed by atoms with Crippen LogP contribution in [0.25, 0.3) is 64.6 Å². The zero-order valence-electron chi connectivity index (χ0n) is 41.6. The monoisotopic (exact) mass is 986 g/mol. The van der Waals surface area contributed by atoms with Gasteiger partial charge in [0.05, 0.1) is 0 Å². The van der Waals surface area contributed by atoms with Gasteiger partial charge in [0.25, 0.3) is 0 Å². The molecule has 0 spiro atoms. The van der Waals surface area contributed by atoms with Gasteiger partial charge in [-0.1, -0.05) is 156 Å². The van der Waals surface area contributed by atoms with Crippen LogP contribution in [0.3, 0.4) is 0 Å². The standard InChI is InChI=1S/C61H54N8O2Si2/c1-5-8-27-72(28-9-6-2,29-10-7-3)71-73(70-4)68-58-50-34-42-23-15-16-24-43(42)35-51(50)60(68)66-56-48-32-40-21-13-14-22-41(40)33-49(48)57(63-56)67-61-53-37-45-26-18-17-25-44(45)36-52(53)59(69(61)73)65-55-47-31-39-20-12-11-19-38(39)30-46(47)54(62-55)64-58/h11-26,30-37H,5-10,27-29H2,1-4H3.